The fourth-order valence-electron chi connectivity index (χ4n) is 3.49. The number of aliphatic imine (C=N–C) groups is 1. The summed E-state index contributed by atoms with van der Waals surface area (Å²) < 4.78 is 1.50. The molecular weight excluding hydrogens is 330 g/mol. The average Bonchev–Trinajstić information content (AvgIpc) is 3.08. The Hall–Kier alpha value is -3.35. The summed E-state index contributed by atoms with van der Waals surface area (Å²) in [4.78, 5) is 16.3. The van der Waals surface area contributed by atoms with Crippen LogP contribution in [0.3, 0.4) is 0 Å². The van der Waals surface area contributed by atoms with Crippen molar-refractivity contribution in [1.82, 2.24) is 20.2 Å². The van der Waals surface area contributed by atoms with Gasteiger partial charge in [0, 0.05) is 5.71 Å². The van der Waals surface area contributed by atoms with Crippen molar-refractivity contribution in [3.63, 3.8) is 0 Å². The first-order chi connectivity index (χ1) is 12.6. The zero-order valence-electron chi connectivity index (χ0n) is 14.4. The van der Waals surface area contributed by atoms with Crippen LogP contribution in [0.2, 0.25) is 0 Å². The number of fused-ring (bicyclic) bond motifs is 1. The lowest BCUT2D eigenvalue weighted by molar-refractivity contribution is -0.140. The van der Waals surface area contributed by atoms with Crippen molar-refractivity contribution >= 4 is 17.6 Å². The first kappa shape index (κ1) is 16.1. The molecule has 0 bridgehead atoms. The second kappa shape index (κ2) is 6.18. The van der Waals surface area contributed by atoms with Crippen LogP contribution in [0, 0.1) is 12.8 Å². The van der Waals surface area contributed by atoms with Gasteiger partial charge < -0.3 is 5.11 Å². The number of nitrogens with zero attached hydrogens (tertiary/aromatic N) is 5. The number of hydrogen-bond acceptors (Lipinski definition) is 5. The van der Waals surface area contributed by atoms with E-state index in [-0.39, 0.29) is 0 Å². The van der Waals surface area contributed by atoms with Gasteiger partial charge in [-0.1, -0.05) is 59.2 Å². The Bertz CT molecular complexity index is 1020. The van der Waals surface area contributed by atoms with E-state index in [1.54, 1.807) is 6.92 Å². The Labute approximate surface area is 150 Å². The molecule has 2 unspecified atom stereocenters. The Morgan fingerprint density at radius 3 is 2.69 bits per heavy atom. The highest BCUT2D eigenvalue weighted by molar-refractivity contribution is 6.03. The smallest absolute Gasteiger partial charge is 0.314 e. The maximum Gasteiger partial charge on any atom is 0.314 e. The highest BCUT2D eigenvalue weighted by Gasteiger charge is 2.40. The molecular formula is C19H17N5O2. The zero-order chi connectivity index (χ0) is 18.3. The minimum Gasteiger partial charge on any atom is -0.481 e. The van der Waals surface area contributed by atoms with Crippen LogP contribution in [0.5, 0.6) is 0 Å². The van der Waals surface area contributed by atoms with E-state index in [2.05, 4.69) is 26.6 Å². The van der Waals surface area contributed by atoms with Crippen LogP contribution >= 0.6 is 0 Å². The number of aliphatic carboxylic acids is 1. The maximum absolute atomic E-state index is 12.0. The van der Waals surface area contributed by atoms with Gasteiger partial charge in [-0.3, -0.25) is 4.79 Å². The molecule has 7 heteroatoms. The molecule has 2 heterocycles. The van der Waals surface area contributed by atoms with Gasteiger partial charge >= 0.3 is 5.97 Å². The number of aryl methyl sites for hydroxylation is 1. The molecule has 1 aliphatic rings. The second-order valence-electron chi connectivity index (χ2n) is 6.39. The fraction of sp³-hybridized carbons (Fsp3) is 0.211. The number of tetrazole rings is 1. The van der Waals surface area contributed by atoms with Crippen LogP contribution in [0.4, 0.5) is 5.95 Å². The molecule has 1 aliphatic heterocycles. The zero-order valence-corrected chi connectivity index (χ0v) is 14.4. The van der Waals surface area contributed by atoms with E-state index in [1.807, 2.05) is 49.4 Å². The molecule has 2 atom stereocenters. The van der Waals surface area contributed by atoms with E-state index in [0.29, 0.717) is 11.7 Å². The molecule has 2 aromatic carbocycles. The van der Waals surface area contributed by atoms with Gasteiger partial charge in [-0.05, 0) is 41.0 Å². The van der Waals surface area contributed by atoms with E-state index < -0.39 is 17.9 Å². The van der Waals surface area contributed by atoms with Crippen molar-refractivity contribution in [2.75, 3.05) is 0 Å². The van der Waals surface area contributed by atoms with Gasteiger partial charge in [0.05, 0.1) is 0 Å². The number of carboxylic acid groups (broad SMARTS) is 1. The van der Waals surface area contributed by atoms with Gasteiger partial charge in [0.2, 0.25) is 0 Å². The summed E-state index contributed by atoms with van der Waals surface area (Å²) in [5.74, 6) is -1.46. The third-order valence-corrected chi connectivity index (χ3v) is 4.66. The highest BCUT2D eigenvalue weighted by Crippen LogP contribution is 2.39. The number of hydrogen-bond donors (Lipinski definition) is 1. The highest BCUT2D eigenvalue weighted by atomic mass is 16.4. The summed E-state index contributed by atoms with van der Waals surface area (Å²) in [6.07, 6.45) is 0. The molecule has 7 nitrogen and oxygen atoms in total. The number of benzene rings is 2. The quantitative estimate of drug-likeness (QED) is 0.786. The minimum atomic E-state index is -0.948. The Kier molecular flexibility index (Phi) is 3.84. The average molecular weight is 347 g/mol. The van der Waals surface area contributed by atoms with Crippen molar-refractivity contribution < 1.29 is 9.90 Å². The van der Waals surface area contributed by atoms with E-state index in [4.69, 9.17) is 0 Å². The normalized spacial score (nSPS) is 18.9. The Morgan fingerprint density at radius 1 is 1.12 bits per heavy atom. The van der Waals surface area contributed by atoms with Gasteiger partial charge in [-0.15, -0.1) is 0 Å². The molecule has 0 amide bonds. The van der Waals surface area contributed by atoms with Crippen molar-refractivity contribution in [2.24, 2.45) is 10.9 Å². The lowest BCUT2D eigenvalue weighted by Gasteiger charge is -2.29. The van der Waals surface area contributed by atoms with Crippen LogP contribution < -0.4 is 0 Å². The monoisotopic (exact) mass is 347 g/mol. The maximum atomic E-state index is 12.0. The number of carboxylic acids is 1. The summed E-state index contributed by atoms with van der Waals surface area (Å²) in [7, 11) is 0. The third kappa shape index (κ3) is 2.57. The summed E-state index contributed by atoms with van der Waals surface area (Å²) in [6.45, 7) is 3.74. The lowest BCUT2D eigenvalue weighted by atomic mass is 9.84. The predicted octanol–water partition coefficient (Wildman–Crippen LogP) is 3.04. The molecule has 1 N–H and O–H groups in total. The summed E-state index contributed by atoms with van der Waals surface area (Å²) in [5.41, 5.74) is 4.47. The Balaban J connectivity index is 1.95. The minimum absolute atomic E-state index is 0.323. The summed E-state index contributed by atoms with van der Waals surface area (Å²) in [5, 5.41) is 21.5. The van der Waals surface area contributed by atoms with E-state index >= 15 is 0 Å². The molecule has 0 saturated heterocycles. The van der Waals surface area contributed by atoms with Crippen LogP contribution in [0.1, 0.15) is 24.1 Å². The van der Waals surface area contributed by atoms with Crippen LogP contribution in [0.25, 0.3) is 11.1 Å². The number of aromatic nitrogens is 4. The third-order valence-electron chi connectivity index (χ3n) is 4.66. The lowest BCUT2D eigenvalue weighted by Crippen LogP contribution is -2.36. The van der Waals surface area contributed by atoms with Crippen molar-refractivity contribution in [3.8, 4) is 11.1 Å². The van der Waals surface area contributed by atoms with Gasteiger partial charge in [0.15, 0.2) is 0 Å². The van der Waals surface area contributed by atoms with Crippen molar-refractivity contribution in [1.29, 1.82) is 0 Å². The fourth-order valence-corrected chi connectivity index (χ4v) is 3.49. The van der Waals surface area contributed by atoms with Crippen LogP contribution in [-0.4, -0.2) is 37.0 Å². The second-order valence-corrected chi connectivity index (χ2v) is 6.39. The van der Waals surface area contributed by atoms with E-state index in [0.717, 1.165) is 22.3 Å². The predicted molar refractivity (Wildman–Crippen MR) is 96.5 cm³/mol. The van der Waals surface area contributed by atoms with Gasteiger partial charge in [0.1, 0.15) is 12.0 Å². The van der Waals surface area contributed by atoms with Crippen molar-refractivity contribution in [2.45, 2.75) is 19.9 Å². The van der Waals surface area contributed by atoms with Gasteiger partial charge in [-0.25, -0.2) is 9.67 Å². The van der Waals surface area contributed by atoms with E-state index in [9.17, 15) is 9.90 Å². The standard InChI is InChI=1S/C19H17N5O2/c1-11-6-5-7-13(10-11)14-8-3-4-9-15(14)17-16(18(25)26)12(2)20-19-21-22-23-24(17)19/h3-10,16-17H,1-2H3,(H,25,26). The molecule has 0 spiro atoms. The number of carbonyl (C=O) groups is 1. The van der Waals surface area contributed by atoms with Crippen LogP contribution in [0.15, 0.2) is 53.5 Å². The first-order valence-electron chi connectivity index (χ1n) is 8.28. The van der Waals surface area contributed by atoms with Gasteiger partial charge in [-0.2, -0.15) is 0 Å². The first-order valence-corrected chi connectivity index (χ1v) is 8.28. The SMILES string of the molecule is CC1=Nc2nnnn2C(c2ccccc2-c2cccc(C)c2)C1C(=O)O. The van der Waals surface area contributed by atoms with Gasteiger partial charge in [0.25, 0.3) is 5.95 Å². The molecule has 130 valence electrons. The number of rotatable bonds is 3. The molecule has 0 aliphatic carbocycles. The Morgan fingerprint density at radius 2 is 1.92 bits per heavy atom. The van der Waals surface area contributed by atoms with Crippen molar-refractivity contribution in [3.05, 3.63) is 59.7 Å². The molecule has 0 fully saturated rings. The van der Waals surface area contributed by atoms with E-state index in [1.165, 1.54) is 4.68 Å². The molecule has 0 radical (unpaired) electrons. The molecule has 3 aromatic rings. The molecule has 26 heavy (non-hydrogen) atoms. The summed E-state index contributed by atoms with van der Waals surface area (Å²) >= 11 is 0. The molecule has 0 saturated carbocycles. The summed E-state index contributed by atoms with van der Waals surface area (Å²) in [6, 6.07) is 15.3. The topological polar surface area (TPSA) is 93.3 Å². The molecule has 4 rings (SSSR count). The van der Waals surface area contributed by atoms with Crippen LogP contribution in [-0.2, 0) is 4.79 Å². The molecule has 1 aromatic heterocycles. The largest absolute Gasteiger partial charge is 0.481 e.